The van der Waals surface area contributed by atoms with E-state index in [4.69, 9.17) is 5.26 Å². The van der Waals surface area contributed by atoms with Crippen molar-refractivity contribution in [3.63, 3.8) is 0 Å². The highest BCUT2D eigenvalue weighted by Crippen LogP contribution is 2.39. The topological polar surface area (TPSA) is 44.1 Å². The fraction of sp³-hybridized carbons (Fsp3) is 0.529. The first kappa shape index (κ1) is 13.2. The van der Waals surface area contributed by atoms with E-state index in [9.17, 15) is 4.79 Å². The van der Waals surface area contributed by atoms with Crippen LogP contribution in [0.5, 0.6) is 0 Å². The molecule has 20 heavy (non-hydrogen) atoms. The summed E-state index contributed by atoms with van der Waals surface area (Å²) in [6, 6.07) is 12.4. The van der Waals surface area contributed by atoms with Crippen molar-refractivity contribution in [1.29, 1.82) is 5.26 Å². The fourth-order valence-electron chi connectivity index (χ4n) is 3.50. The van der Waals surface area contributed by atoms with Crippen molar-refractivity contribution < 1.29 is 4.79 Å². The third kappa shape index (κ3) is 2.43. The maximum Gasteiger partial charge on any atom is 0.230 e. The molecule has 0 bridgehead atoms. The summed E-state index contributed by atoms with van der Waals surface area (Å²) in [5, 5.41) is 8.86. The molecule has 0 spiro atoms. The van der Waals surface area contributed by atoms with Crippen LogP contribution < -0.4 is 0 Å². The molecule has 1 aliphatic heterocycles. The van der Waals surface area contributed by atoms with Gasteiger partial charge in [0.1, 0.15) is 0 Å². The van der Waals surface area contributed by atoms with Gasteiger partial charge in [-0.3, -0.25) is 4.79 Å². The van der Waals surface area contributed by atoms with Gasteiger partial charge in [-0.1, -0.05) is 43.2 Å². The molecule has 1 aromatic rings. The zero-order chi connectivity index (χ0) is 13.9. The van der Waals surface area contributed by atoms with Crippen LogP contribution in [0.2, 0.25) is 0 Å². The molecule has 1 saturated heterocycles. The molecule has 1 atom stereocenters. The molecule has 1 aromatic carbocycles. The molecule has 1 amide bonds. The normalized spacial score (nSPS) is 21.2. The zero-order valence-electron chi connectivity index (χ0n) is 11.7. The van der Waals surface area contributed by atoms with Gasteiger partial charge in [-0.05, 0) is 24.3 Å². The Bertz CT molecular complexity index is 508. The van der Waals surface area contributed by atoms with Gasteiger partial charge in [0.15, 0.2) is 0 Å². The van der Waals surface area contributed by atoms with Crippen LogP contribution in [0, 0.1) is 23.2 Å². The van der Waals surface area contributed by atoms with Crippen molar-refractivity contribution >= 4 is 5.91 Å². The van der Waals surface area contributed by atoms with E-state index in [0.29, 0.717) is 19.0 Å². The molecular formula is C17H20N2O. The Morgan fingerprint density at radius 1 is 1.20 bits per heavy atom. The largest absolute Gasteiger partial charge is 0.339 e. The van der Waals surface area contributed by atoms with Crippen LogP contribution in [0.3, 0.4) is 0 Å². The average Bonchev–Trinajstić information content (AvgIpc) is 2.93. The predicted molar refractivity (Wildman–Crippen MR) is 76.8 cm³/mol. The van der Waals surface area contributed by atoms with Gasteiger partial charge in [0, 0.05) is 13.1 Å². The first-order valence-corrected chi connectivity index (χ1v) is 7.53. The number of nitriles is 1. The molecular weight excluding hydrogens is 248 g/mol. The first-order chi connectivity index (χ1) is 9.79. The summed E-state index contributed by atoms with van der Waals surface area (Å²) in [5.74, 6) is 0.748. The lowest BCUT2D eigenvalue weighted by atomic mass is 9.82. The number of hydrogen-bond donors (Lipinski definition) is 0. The maximum absolute atomic E-state index is 12.8. The van der Waals surface area contributed by atoms with E-state index in [1.165, 1.54) is 12.8 Å². The fourth-order valence-corrected chi connectivity index (χ4v) is 3.50. The Labute approximate surface area is 120 Å². The molecule has 0 aromatic heterocycles. The SMILES string of the molecule is N#CC1CN(C(=O)C(c2ccccc2)C2CCCC2)C1. The third-order valence-electron chi connectivity index (χ3n) is 4.67. The molecule has 0 radical (unpaired) electrons. The summed E-state index contributed by atoms with van der Waals surface area (Å²) in [5.41, 5.74) is 1.14. The Balaban J connectivity index is 1.79. The molecule has 1 aliphatic carbocycles. The smallest absolute Gasteiger partial charge is 0.230 e. The minimum Gasteiger partial charge on any atom is -0.339 e. The van der Waals surface area contributed by atoms with E-state index >= 15 is 0 Å². The molecule has 2 aliphatic rings. The molecule has 2 fully saturated rings. The number of benzene rings is 1. The number of hydrogen-bond acceptors (Lipinski definition) is 2. The minimum atomic E-state index is -0.00153. The van der Waals surface area contributed by atoms with Crippen molar-refractivity contribution in [3.05, 3.63) is 35.9 Å². The van der Waals surface area contributed by atoms with Crippen LogP contribution >= 0.6 is 0 Å². The second kappa shape index (κ2) is 5.66. The van der Waals surface area contributed by atoms with Crippen molar-refractivity contribution in [1.82, 2.24) is 4.90 Å². The Kier molecular flexibility index (Phi) is 3.73. The van der Waals surface area contributed by atoms with E-state index in [0.717, 1.165) is 18.4 Å². The third-order valence-corrected chi connectivity index (χ3v) is 4.67. The molecule has 3 heteroatoms. The molecule has 3 rings (SSSR count). The van der Waals surface area contributed by atoms with Crippen molar-refractivity contribution in [2.75, 3.05) is 13.1 Å². The number of likely N-dealkylation sites (tertiary alicyclic amines) is 1. The van der Waals surface area contributed by atoms with E-state index in [-0.39, 0.29) is 17.7 Å². The van der Waals surface area contributed by atoms with E-state index in [2.05, 4.69) is 18.2 Å². The van der Waals surface area contributed by atoms with Gasteiger partial charge in [-0.25, -0.2) is 0 Å². The van der Waals surface area contributed by atoms with Crippen LogP contribution in [-0.4, -0.2) is 23.9 Å². The zero-order valence-corrected chi connectivity index (χ0v) is 11.7. The van der Waals surface area contributed by atoms with Gasteiger partial charge < -0.3 is 4.90 Å². The Hall–Kier alpha value is -1.82. The lowest BCUT2D eigenvalue weighted by Crippen LogP contribution is -2.51. The molecule has 1 heterocycles. The van der Waals surface area contributed by atoms with Crippen LogP contribution in [0.4, 0.5) is 0 Å². The Morgan fingerprint density at radius 3 is 2.45 bits per heavy atom. The second-order valence-electron chi connectivity index (χ2n) is 6.00. The number of rotatable bonds is 3. The number of nitrogens with zero attached hydrogens (tertiary/aromatic N) is 2. The first-order valence-electron chi connectivity index (χ1n) is 7.53. The summed E-state index contributed by atoms with van der Waals surface area (Å²) in [6.07, 6.45) is 4.78. The van der Waals surface area contributed by atoms with Gasteiger partial charge in [-0.15, -0.1) is 0 Å². The highest BCUT2D eigenvalue weighted by molar-refractivity contribution is 5.85. The van der Waals surface area contributed by atoms with Crippen LogP contribution in [-0.2, 0) is 4.79 Å². The van der Waals surface area contributed by atoms with E-state index in [1.54, 1.807) is 0 Å². The maximum atomic E-state index is 12.8. The molecule has 1 saturated carbocycles. The van der Waals surface area contributed by atoms with Gasteiger partial charge in [0.25, 0.3) is 0 Å². The van der Waals surface area contributed by atoms with Crippen molar-refractivity contribution in [3.8, 4) is 6.07 Å². The number of carbonyl (C=O) groups is 1. The summed E-state index contributed by atoms with van der Waals surface area (Å²) in [4.78, 5) is 14.7. The van der Waals surface area contributed by atoms with E-state index in [1.807, 2.05) is 23.1 Å². The predicted octanol–water partition coefficient (Wildman–Crippen LogP) is 2.94. The standard InChI is InChI=1S/C17H20N2O/c18-10-13-11-19(12-13)17(20)16(15-8-4-5-9-15)14-6-2-1-3-7-14/h1-3,6-7,13,15-16H,4-5,8-9,11-12H2. The van der Waals surface area contributed by atoms with Crippen molar-refractivity contribution in [2.24, 2.45) is 11.8 Å². The highest BCUT2D eigenvalue weighted by Gasteiger charge is 2.39. The molecule has 1 unspecified atom stereocenters. The lowest BCUT2D eigenvalue weighted by molar-refractivity contribution is -0.139. The van der Waals surface area contributed by atoms with Crippen LogP contribution in [0.15, 0.2) is 30.3 Å². The minimum absolute atomic E-state index is 0.00153. The molecule has 104 valence electrons. The summed E-state index contributed by atoms with van der Waals surface area (Å²) in [7, 11) is 0. The quantitative estimate of drug-likeness (QED) is 0.846. The van der Waals surface area contributed by atoms with Crippen LogP contribution in [0.25, 0.3) is 0 Å². The molecule has 3 nitrogen and oxygen atoms in total. The van der Waals surface area contributed by atoms with Gasteiger partial charge in [0.2, 0.25) is 5.91 Å². The average molecular weight is 268 g/mol. The Morgan fingerprint density at radius 2 is 1.85 bits per heavy atom. The number of amides is 1. The second-order valence-corrected chi connectivity index (χ2v) is 6.00. The van der Waals surface area contributed by atoms with Crippen molar-refractivity contribution in [2.45, 2.75) is 31.6 Å². The monoisotopic (exact) mass is 268 g/mol. The lowest BCUT2D eigenvalue weighted by Gasteiger charge is -2.39. The number of carbonyl (C=O) groups excluding carboxylic acids is 1. The summed E-state index contributed by atoms with van der Waals surface area (Å²) in [6.45, 7) is 1.23. The van der Waals surface area contributed by atoms with E-state index < -0.39 is 0 Å². The highest BCUT2D eigenvalue weighted by atomic mass is 16.2. The molecule has 0 N–H and O–H groups in total. The summed E-state index contributed by atoms with van der Waals surface area (Å²) >= 11 is 0. The van der Waals surface area contributed by atoms with Gasteiger partial charge in [-0.2, -0.15) is 5.26 Å². The summed E-state index contributed by atoms with van der Waals surface area (Å²) < 4.78 is 0. The van der Waals surface area contributed by atoms with Gasteiger partial charge in [0.05, 0.1) is 17.9 Å². The van der Waals surface area contributed by atoms with Gasteiger partial charge >= 0.3 is 0 Å². The van der Waals surface area contributed by atoms with Crippen LogP contribution in [0.1, 0.15) is 37.2 Å².